The highest BCUT2D eigenvalue weighted by Crippen LogP contribution is 2.24. The van der Waals surface area contributed by atoms with Crippen molar-refractivity contribution in [1.29, 1.82) is 0 Å². The number of benzene rings is 1. The van der Waals surface area contributed by atoms with Crippen molar-refractivity contribution in [2.45, 2.75) is 13.0 Å². The first-order valence-electron chi connectivity index (χ1n) is 5.19. The molecule has 0 aliphatic heterocycles. The Balaban J connectivity index is 2.26. The Hall–Kier alpha value is -1.26. The molecule has 0 saturated heterocycles. The predicted octanol–water partition coefficient (Wildman–Crippen LogP) is 3.24. The number of aromatic nitrogens is 1. The number of nitrogens with one attached hydrogen (secondary N) is 1. The molecule has 1 heterocycles. The van der Waals surface area contributed by atoms with Crippen molar-refractivity contribution < 1.29 is 8.78 Å². The summed E-state index contributed by atoms with van der Waals surface area (Å²) in [7, 11) is 0. The molecular formula is C12H11ClF2N2. The highest BCUT2D eigenvalue weighted by atomic mass is 35.5. The largest absolute Gasteiger partial charge is 0.307 e. The number of hydrogen-bond donors (Lipinski definition) is 1. The van der Waals surface area contributed by atoms with Crippen LogP contribution in [-0.2, 0) is 6.54 Å². The van der Waals surface area contributed by atoms with Gasteiger partial charge in [-0.05, 0) is 23.8 Å². The third kappa shape index (κ3) is 2.90. The van der Waals surface area contributed by atoms with Gasteiger partial charge in [-0.2, -0.15) is 0 Å². The average Bonchev–Trinajstić information content (AvgIpc) is 2.32. The van der Waals surface area contributed by atoms with Crippen LogP contribution in [0.3, 0.4) is 0 Å². The summed E-state index contributed by atoms with van der Waals surface area (Å²) in [5, 5.41) is 4.13. The molecule has 0 aliphatic carbocycles. The molecular weight excluding hydrogens is 246 g/mol. The zero-order chi connectivity index (χ0) is 12.3. The summed E-state index contributed by atoms with van der Waals surface area (Å²) < 4.78 is 24.0. The van der Waals surface area contributed by atoms with E-state index in [1.165, 1.54) is 0 Å². The van der Waals surface area contributed by atoms with Crippen molar-refractivity contribution in [1.82, 2.24) is 10.3 Å². The standard InChI is InChI=1S/C12H11ClF2N2/c13-10-4-3-8(6-16-7-11(14)15)12-9(10)2-1-5-17-12/h1-5,11,16H,6-7H2. The molecule has 5 heteroatoms. The Morgan fingerprint density at radius 2 is 2.12 bits per heavy atom. The molecule has 0 radical (unpaired) electrons. The summed E-state index contributed by atoms with van der Waals surface area (Å²) >= 11 is 6.03. The molecule has 0 unspecified atom stereocenters. The first-order valence-corrected chi connectivity index (χ1v) is 5.57. The van der Waals surface area contributed by atoms with E-state index in [1.807, 2.05) is 6.07 Å². The second kappa shape index (κ2) is 5.38. The molecule has 1 aromatic carbocycles. The highest BCUT2D eigenvalue weighted by Gasteiger charge is 2.06. The summed E-state index contributed by atoms with van der Waals surface area (Å²) in [6.45, 7) is 0.0337. The van der Waals surface area contributed by atoms with E-state index < -0.39 is 6.43 Å². The molecule has 0 bridgehead atoms. The topological polar surface area (TPSA) is 24.9 Å². The predicted molar refractivity (Wildman–Crippen MR) is 64.5 cm³/mol. The van der Waals surface area contributed by atoms with Gasteiger partial charge in [-0.25, -0.2) is 8.78 Å². The lowest BCUT2D eigenvalue weighted by molar-refractivity contribution is 0.145. The van der Waals surface area contributed by atoms with Gasteiger partial charge in [0.1, 0.15) is 0 Å². The molecule has 17 heavy (non-hydrogen) atoms. The van der Waals surface area contributed by atoms with Gasteiger partial charge in [-0.15, -0.1) is 0 Å². The van der Waals surface area contributed by atoms with E-state index in [-0.39, 0.29) is 6.54 Å². The minimum atomic E-state index is -2.35. The highest BCUT2D eigenvalue weighted by molar-refractivity contribution is 6.35. The Morgan fingerprint density at radius 1 is 1.29 bits per heavy atom. The van der Waals surface area contributed by atoms with E-state index in [1.54, 1.807) is 24.4 Å². The van der Waals surface area contributed by atoms with Gasteiger partial charge in [0.25, 0.3) is 6.43 Å². The smallest absolute Gasteiger partial charge is 0.250 e. The monoisotopic (exact) mass is 256 g/mol. The Kier molecular flexibility index (Phi) is 3.86. The number of nitrogens with zero attached hydrogens (tertiary/aromatic N) is 1. The number of alkyl halides is 2. The average molecular weight is 257 g/mol. The van der Waals surface area contributed by atoms with Crippen molar-refractivity contribution in [3.63, 3.8) is 0 Å². The van der Waals surface area contributed by atoms with E-state index in [4.69, 9.17) is 11.6 Å². The Bertz CT molecular complexity index is 517. The molecule has 2 nitrogen and oxygen atoms in total. The lowest BCUT2D eigenvalue weighted by Crippen LogP contribution is -2.20. The van der Waals surface area contributed by atoms with Crippen LogP contribution in [0, 0.1) is 0 Å². The summed E-state index contributed by atoms with van der Waals surface area (Å²) in [5.74, 6) is 0. The second-order valence-electron chi connectivity index (χ2n) is 3.63. The summed E-state index contributed by atoms with van der Waals surface area (Å²) in [6, 6.07) is 7.22. The molecule has 2 aromatic rings. The number of fused-ring (bicyclic) bond motifs is 1. The van der Waals surface area contributed by atoms with Crippen LogP contribution in [0.2, 0.25) is 5.02 Å². The zero-order valence-corrected chi connectivity index (χ0v) is 9.72. The second-order valence-corrected chi connectivity index (χ2v) is 4.04. The van der Waals surface area contributed by atoms with E-state index in [0.717, 1.165) is 16.5 Å². The van der Waals surface area contributed by atoms with Gasteiger partial charge in [0.15, 0.2) is 0 Å². The third-order valence-corrected chi connectivity index (χ3v) is 2.74. The fourth-order valence-electron chi connectivity index (χ4n) is 1.65. The van der Waals surface area contributed by atoms with Gasteiger partial charge < -0.3 is 5.32 Å². The fraction of sp³-hybridized carbons (Fsp3) is 0.250. The minimum absolute atomic E-state index is 0.322. The van der Waals surface area contributed by atoms with Crippen LogP contribution in [0.5, 0.6) is 0 Å². The van der Waals surface area contributed by atoms with Crippen molar-refractivity contribution >= 4 is 22.5 Å². The minimum Gasteiger partial charge on any atom is -0.307 e. The number of rotatable bonds is 4. The van der Waals surface area contributed by atoms with Gasteiger partial charge in [0.05, 0.1) is 12.1 Å². The van der Waals surface area contributed by atoms with Crippen LogP contribution >= 0.6 is 11.6 Å². The summed E-state index contributed by atoms with van der Waals surface area (Å²) in [4.78, 5) is 4.23. The maximum Gasteiger partial charge on any atom is 0.250 e. The molecule has 0 atom stereocenters. The lowest BCUT2D eigenvalue weighted by Gasteiger charge is -2.08. The van der Waals surface area contributed by atoms with Crippen molar-refractivity contribution in [2.24, 2.45) is 0 Å². The van der Waals surface area contributed by atoms with Crippen LogP contribution < -0.4 is 5.32 Å². The van der Waals surface area contributed by atoms with Crippen molar-refractivity contribution in [2.75, 3.05) is 6.54 Å². The van der Waals surface area contributed by atoms with Crippen LogP contribution in [0.1, 0.15) is 5.56 Å². The molecule has 2 rings (SSSR count). The van der Waals surface area contributed by atoms with Crippen molar-refractivity contribution in [3.05, 3.63) is 41.0 Å². The molecule has 0 aliphatic rings. The van der Waals surface area contributed by atoms with Crippen LogP contribution in [0.25, 0.3) is 10.9 Å². The molecule has 0 spiro atoms. The maximum absolute atomic E-state index is 12.0. The third-order valence-electron chi connectivity index (χ3n) is 2.41. The first kappa shape index (κ1) is 12.2. The van der Waals surface area contributed by atoms with Gasteiger partial charge in [-0.1, -0.05) is 17.7 Å². The maximum atomic E-state index is 12.0. The zero-order valence-electron chi connectivity index (χ0n) is 8.96. The number of hydrogen-bond acceptors (Lipinski definition) is 2. The summed E-state index contributed by atoms with van der Waals surface area (Å²) in [5.41, 5.74) is 1.62. The molecule has 0 amide bonds. The van der Waals surface area contributed by atoms with Crippen molar-refractivity contribution in [3.8, 4) is 0 Å². The fourth-order valence-corrected chi connectivity index (χ4v) is 1.87. The number of pyridine rings is 1. The van der Waals surface area contributed by atoms with Gasteiger partial charge in [0.2, 0.25) is 0 Å². The van der Waals surface area contributed by atoms with E-state index in [0.29, 0.717) is 11.6 Å². The van der Waals surface area contributed by atoms with Gasteiger partial charge in [-0.3, -0.25) is 4.98 Å². The van der Waals surface area contributed by atoms with Gasteiger partial charge in [0, 0.05) is 23.2 Å². The van der Waals surface area contributed by atoms with Gasteiger partial charge >= 0.3 is 0 Å². The quantitative estimate of drug-likeness (QED) is 0.908. The summed E-state index contributed by atoms with van der Waals surface area (Å²) in [6.07, 6.45) is -0.684. The normalized spacial score (nSPS) is 11.3. The Labute approximate surface area is 103 Å². The Morgan fingerprint density at radius 3 is 2.88 bits per heavy atom. The van der Waals surface area contributed by atoms with Crippen LogP contribution in [0.4, 0.5) is 8.78 Å². The van der Waals surface area contributed by atoms with E-state index >= 15 is 0 Å². The molecule has 1 N–H and O–H groups in total. The molecule has 90 valence electrons. The molecule has 0 fully saturated rings. The van der Waals surface area contributed by atoms with Crippen LogP contribution in [0.15, 0.2) is 30.5 Å². The van der Waals surface area contributed by atoms with E-state index in [2.05, 4.69) is 10.3 Å². The van der Waals surface area contributed by atoms with Crippen LogP contribution in [-0.4, -0.2) is 18.0 Å². The first-order chi connectivity index (χ1) is 8.18. The number of halogens is 3. The molecule has 1 aromatic heterocycles. The SMILES string of the molecule is FC(F)CNCc1ccc(Cl)c2cccnc12. The van der Waals surface area contributed by atoms with E-state index in [9.17, 15) is 8.78 Å². The molecule has 0 saturated carbocycles. The lowest BCUT2D eigenvalue weighted by atomic mass is 10.1.